The van der Waals surface area contributed by atoms with E-state index >= 15 is 0 Å². The number of carbonyl (C=O) groups is 1. The van der Waals surface area contributed by atoms with E-state index < -0.39 is 0 Å². The minimum absolute atomic E-state index is 0.0339. The molecule has 2 unspecified atom stereocenters. The second-order valence-corrected chi connectivity index (χ2v) is 7.66. The molecule has 5 nitrogen and oxygen atoms in total. The van der Waals surface area contributed by atoms with Gasteiger partial charge in [-0.15, -0.1) is 0 Å². The number of likely N-dealkylation sites (tertiary alicyclic amines) is 1. The van der Waals surface area contributed by atoms with E-state index in [1.165, 1.54) is 24.1 Å². The monoisotopic (exact) mass is 344 g/mol. The van der Waals surface area contributed by atoms with Gasteiger partial charge in [-0.1, -0.05) is 18.2 Å². The van der Waals surface area contributed by atoms with Gasteiger partial charge in [0, 0.05) is 39.4 Å². The van der Waals surface area contributed by atoms with Gasteiger partial charge in [0.1, 0.15) is 0 Å². The summed E-state index contributed by atoms with van der Waals surface area (Å²) in [4.78, 5) is 16.9. The molecular weight excluding hydrogens is 312 g/mol. The molecule has 2 N–H and O–H groups in total. The fourth-order valence-electron chi connectivity index (χ4n) is 4.06. The number of para-hydroxylation sites is 1. The lowest BCUT2D eigenvalue weighted by molar-refractivity contribution is -0.123. The van der Waals surface area contributed by atoms with Crippen molar-refractivity contribution in [3.8, 4) is 0 Å². The van der Waals surface area contributed by atoms with E-state index in [0.29, 0.717) is 5.92 Å². The van der Waals surface area contributed by atoms with Crippen LogP contribution in [0.5, 0.6) is 0 Å². The van der Waals surface area contributed by atoms with Crippen molar-refractivity contribution in [3.63, 3.8) is 0 Å². The molecule has 2 atom stereocenters. The van der Waals surface area contributed by atoms with Crippen molar-refractivity contribution in [3.05, 3.63) is 29.8 Å². The molecule has 3 rings (SSSR count). The molecule has 25 heavy (non-hydrogen) atoms. The molecule has 0 spiro atoms. The van der Waals surface area contributed by atoms with Crippen LogP contribution in [0.25, 0.3) is 0 Å². The highest BCUT2D eigenvalue weighted by molar-refractivity contribution is 5.81. The van der Waals surface area contributed by atoms with Crippen molar-refractivity contribution < 1.29 is 4.79 Å². The first-order valence-corrected chi connectivity index (χ1v) is 9.62. The molecule has 0 radical (unpaired) electrons. The van der Waals surface area contributed by atoms with Crippen molar-refractivity contribution >= 4 is 11.6 Å². The zero-order valence-corrected chi connectivity index (χ0v) is 15.6. The Bertz CT molecular complexity index is 569. The second kappa shape index (κ2) is 8.68. The van der Waals surface area contributed by atoms with E-state index in [1.807, 2.05) is 0 Å². The van der Waals surface area contributed by atoms with Crippen LogP contribution in [0.1, 0.15) is 31.2 Å². The Balaban J connectivity index is 1.50. The van der Waals surface area contributed by atoms with Crippen molar-refractivity contribution in [2.45, 2.75) is 38.3 Å². The van der Waals surface area contributed by atoms with Crippen LogP contribution < -0.4 is 15.5 Å². The number of hydrogen-bond donors (Lipinski definition) is 2. The van der Waals surface area contributed by atoms with Crippen molar-refractivity contribution in [1.29, 1.82) is 0 Å². The standard InChI is InChI=1S/C20H32N4O/c1-23(2)19-10-4-3-8-17(19)15-24-12-6-7-16(14-24)13-22-20(25)18-9-5-11-21-18/h3-4,8,10,16,18,21H,5-7,9,11-15H2,1-2H3,(H,22,25). The highest BCUT2D eigenvalue weighted by Gasteiger charge is 2.25. The molecule has 2 heterocycles. The molecule has 0 saturated carbocycles. The predicted molar refractivity (Wildman–Crippen MR) is 103 cm³/mol. The lowest BCUT2D eigenvalue weighted by Gasteiger charge is -2.33. The van der Waals surface area contributed by atoms with Crippen LogP contribution in [0, 0.1) is 5.92 Å². The summed E-state index contributed by atoms with van der Waals surface area (Å²) in [6.45, 7) is 4.99. The van der Waals surface area contributed by atoms with Crippen molar-refractivity contribution in [1.82, 2.24) is 15.5 Å². The van der Waals surface area contributed by atoms with Crippen LogP contribution in [0.4, 0.5) is 5.69 Å². The normalized spacial score (nSPS) is 24.2. The minimum Gasteiger partial charge on any atom is -0.377 e. The van der Waals surface area contributed by atoms with E-state index in [4.69, 9.17) is 0 Å². The van der Waals surface area contributed by atoms with Crippen LogP contribution >= 0.6 is 0 Å². The van der Waals surface area contributed by atoms with E-state index in [-0.39, 0.29) is 11.9 Å². The quantitative estimate of drug-likeness (QED) is 0.827. The number of hydrogen-bond acceptors (Lipinski definition) is 4. The van der Waals surface area contributed by atoms with Crippen molar-refractivity contribution in [2.24, 2.45) is 5.92 Å². The van der Waals surface area contributed by atoms with Gasteiger partial charge in [-0.25, -0.2) is 0 Å². The van der Waals surface area contributed by atoms with Gasteiger partial charge in [-0.05, 0) is 56.3 Å². The fraction of sp³-hybridized carbons (Fsp3) is 0.650. The Hall–Kier alpha value is -1.59. The molecule has 138 valence electrons. The third-order valence-corrected chi connectivity index (χ3v) is 5.41. The van der Waals surface area contributed by atoms with Gasteiger partial charge in [0.05, 0.1) is 6.04 Å². The van der Waals surface area contributed by atoms with Gasteiger partial charge in [-0.3, -0.25) is 9.69 Å². The zero-order valence-electron chi connectivity index (χ0n) is 15.6. The maximum atomic E-state index is 12.2. The van der Waals surface area contributed by atoms with E-state index in [2.05, 4.69) is 58.8 Å². The number of benzene rings is 1. The Morgan fingerprint density at radius 3 is 2.88 bits per heavy atom. The SMILES string of the molecule is CN(C)c1ccccc1CN1CCCC(CNC(=O)C2CCCN2)C1. The third kappa shape index (κ3) is 4.95. The largest absolute Gasteiger partial charge is 0.377 e. The topological polar surface area (TPSA) is 47.6 Å². The van der Waals surface area contributed by atoms with E-state index in [1.54, 1.807) is 0 Å². The van der Waals surface area contributed by atoms with Crippen LogP contribution in [-0.2, 0) is 11.3 Å². The lowest BCUT2D eigenvalue weighted by Crippen LogP contribution is -2.45. The maximum Gasteiger partial charge on any atom is 0.237 e. The molecule has 2 aliphatic heterocycles. The van der Waals surface area contributed by atoms with Gasteiger partial charge in [0.25, 0.3) is 0 Å². The number of piperidine rings is 1. The van der Waals surface area contributed by atoms with Crippen LogP contribution in [0.15, 0.2) is 24.3 Å². The molecule has 0 aliphatic carbocycles. The summed E-state index contributed by atoms with van der Waals surface area (Å²) in [5, 5.41) is 6.45. The first kappa shape index (κ1) is 18.2. The summed E-state index contributed by atoms with van der Waals surface area (Å²) in [6.07, 6.45) is 4.51. The average Bonchev–Trinajstić information content (AvgIpc) is 3.15. The Labute approximate surface area is 151 Å². The average molecular weight is 345 g/mol. The summed E-state index contributed by atoms with van der Waals surface area (Å²) in [6, 6.07) is 8.67. The highest BCUT2D eigenvalue weighted by atomic mass is 16.2. The number of nitrogens with zero attached hydrogens (tertiary/aromatic N) is 2. The van der Waals surface area contributed by atoms with Gasteiger partial charge in [-0.2, -0.15) is 0 Å². The number of carbonyl (C=O) groups excluding carboxylic acids is 1. The van der Waals surface area contributed by atoms with Gasteiger partial charge in [0.15, 0.2) is 0 Å². The second-order valence-electron chi connectivity index (χ2n) is 7.66. The maximum absolute atomic E-state index is 12.2. The molecule has 2 fully saturated rings. The number of rotatable bonds is 6. The van der Waals surface area contributed by atoms with Crippen molar-refractivity contribution in [2.75, 3.05) is 45.2 Å². The van der Waals surface area contributed by atoms with Crippen LogP contribution in [-0.4, -0.2) is 57.1 Å². The molecule has 5 heteroatoms. The zero-order chi connectivity index (χ0) is 17.6. The fourth-order valence-corrected chi connectivity index (χ4v) is 4.06. The highest BCUT2D eigenvalue weighted by Crippen LogP contribution is 2.23. The molecule has 1 amide bonds. The molecule has 1 aromatic carbocycles. The molecule has 1 aromatic rings. The minimum atomic E-state index is 0.0339. The van der Waals surface area contributed by atoms with E-state index in [0.717, 1.165) is 45.6 Å². The molecule has 0 aromatic heterocycles. The summed E-state index contributed by atoms with van der Waals surface area (Å²) >= 11 is 0. The summed E-state index contributed by atoms with van der Waals surface area (Å²) < 4.78 is 0. The lowest BCUT2D eigenvalue weighted by atomic mass is 9.97. The molecule has 2 aliphatic rings. The molecule has 2 saturated heterocycles. The summed E-state index contributed by atoms with van der Waals surface area (Å²) in [5.74, 6) is 0.748. The number of nitrogens with one attached hydrogen (secondary N) is 2. The molecule has 0 bridgehead atoms. The first-order chi connectivity index (χ1) is 12.1. The number of anilines is 1. The summed E-state index contributed by atoms with van der Waals surface area (Å²) in [7, 11) is 4.20. The Kier molecular flexibility index (Phi) is 6.32. The van der Waals surface area contributed by atoms with Crippen LogP contribution in [0.3, 0.4) is 0 Å². The summed E-state index contributed by atoms with van der Waals surface area (Å²) in [5.41, 5.74) is 2.68. The Morgan fingerprint density at radius 1 is 1.28 bits per heavy atom. The van der Waals surface area contributed by atoms with Gasteiger partial charge in [0.2, 0.25) is 5.91 Å². The van der Waals surface area contributed by atoms with Gasteiger partial charge >= 0.3 is 0 Å². The molecular formula is C20H32N4O. The third-order valence-electron chi connectivity index (χ3n) is 5.41. The Morgan fingerprint density at radius 2 is 2.12 bits per heavy atom. The smallest absolute Gasteiger partial charge is 0.237 e. The first-order valence-electron chi connectivity index (χ1n) is 9.62. The van der Waals surface area contributed by atoms with Gasteiger partial charge < -0.3 is 15.5 Å². The van der Waals surface area contributed by atoms with Crippen LogP contribution in [0.2, 0.25) is 0 Å². The predicted octanol–water partition coefficient (Wildman–Crippen LogP) is 1.83. The van der Waals surface area contributed by atoms with E-state index in [9.17, 15) is 4.79 Å². The number of amides is 1.